The first-order chi connectivity index (χ1) is 12.9. The number of nitrogens with one attached hydrogen (secondary N) is 2. The van der Waals surface area contributed by atoms with Gasteiger partial charge in [0.1, 0.15) is 11.6 Å². The summed E-state index contributed by atoms with van der Waals surface area (Å²) in [5, 5.41) is 5.93. The fraction of sp³-hybridized carbons (Fsp3) is 0.850. The van der Waals surface area contributed by atoms with Crippen molar-refractivity contribution in [2.45, 2.75) is 95.4 Å². The molecule has 7 heteroatoms. The first-order valence-electron chi connectivity index (χ1n) is 10.5. The van der Waals surface area contributed by atoms with Crippen LogP contribution in [-0.2, 0) is 19.1 Å². The molecule has 7 nitrogen and oxygen atoms in total. The van der Waals surface area contributed by atoms with Crippen LogP contribution in [0.25, 0.3) is 0 Å². The molecule has 3 amide bonds. The van der Waals surface area contributed by atoms with Crippen molar-refractivity contribution < 1.29 is 19.1 Å². The van der Waals surface area contributed by atoms with E-state index in [1.807, 2.05) is 13.8 Å². The second-order valence-electron chi connectivity index (χ2n) is 8.32. The van der Waals surface area contributed by atoms with Gasteiger partial charge in [0, 0.05) is 25.6 Å². The molecule has 0 bridgehead atoms. The summed E-state index contributed by atoms with van der Waals surface area (Å²) in [7, 11) is 0. The third-order valence-corrected chi connectivity index (χ3v) is 6.43. The fourth-order valence-corrected chi connectivity index (χ4v) is 4.40. The molecule has 2 aliphatic heterocycles. The molecule has 1 aliphatic carbocycles. The van der Waals surface area contributed by atoms with E-state index >= 15 is 0 Å². The summed E-state index contributed by atoms with van der Waals surface area (Å²) in [4.78, 5) is 39.8. The number of hydrogen-bond donors (Lipinski definition) is 2. The Morgan fingerprint density at radius 2 is 1.96 bits per heavy atom. The van der Waals surface area contributed by atoms with E-state index in [1.165, 1.54) is 0 Å². The summed E-state index contributed by atoms with van der Waals surface area (Å²) in [6.45, 7) is 4.88. The third kappa shape index (κ3) is 4.45. The van der Waals surface area contributed by atoms with E-state index in [0.717, 1.165) is 38.5 Å². The number of hydrogen-bond acceptors (Lipinski definition) is 4. The maximum atomic E-state index is 13.3. The predicted molar refractivity (Wildman–Crippen MR) is 101 cm³/mol. The maximum absolute atomic E-state index is 13.3. The first-order valence-corrected chi connectivity index (χ1v) is 10.5. The molecular weight excluding hydrogens is 346 g/mol. The first kappa shape index (κ1) is 20.1. The van der Waals surface area contributed by atoms with Gasteiger partial charge in [0.05, 0.1) is 6.10 Å². The quantitative estimate of drug-likeness (QED) is 0.702. The van der Waals surface area contributed by atoms with Crippen LogP contribution in [-0.4, -0.2) is 59.5 Å². The van der Waals surface area contributed by atoms with Crippen LogP contribution < -0.4 is 10.6 Å². The molecule has 0 aromatic heterocycles. The van der Waals surface area contributed by atoms with Crippen molar-refractivity contribution in [2.75, 3.05) is 13.2 Å². The molecule has 0 aromatic rings. The van der Waals surface area contributed by atoms with Gasteiger partial charge < -0.3 is 20.3 Å². The number of ether oxygens (including phenoxy) is 1. The Morgan fingerprint density at radius 1 is 1.22 bits per heavy atom. The molecule has 1 saturated carbocycles. The van der Waals surface area contributed by atoms with Crippen molar-refractivity contribution in [1.82, 2.24) is 15.5 Å². The average molecular weight is 380 g/mol. The smallest absolute Gasteiger partial charge is 0.246 e. The Morgan fingerprint density at radius 3 is 2.52 bits per heavy atom. The molecule has 2 heterocycles. The van der Waals surface area contributed by atoms with Gasteiger partial charge in [0.2, 0.25) is 17.7 Å². The van der Waals surface area contributed by atoms with Gasteiger partial charge >= 0.3 is 0 Å². The number of nitrogens with zero attached hydrogens (tertiary/aromatic N) is 1. The van der Waals surface area contributed by atoms with Crippen molar-refractivity contribution in [3.05, 3.63) is 0 Å². The summed E-state index contributed by atoms with van der Waals surface area (Å²) in [6, 6.07) is -0.335. The summed E-state index contributed by atoms with van der Waals surface area (Å²) in [6.07, 6.45) is 7.48. The number of rotatable bonds is 7. The van der Waals surface area contributed by atoms with E-state index in [0.29, 0.717) is 32.4 Å². The largest absolute Gasteiger partial charge is 0.376 e. The highest BCUT2D eigenvalue weighted by Crippen LogP contribution is 2.27. The van der Waals surface area contributed by atoms with Gasteiger partial charge in [-0.05, 0) is 45.4 Å². The van der Waals surface area contributed by atoms with Crippen LogP contribution in [0.2, 0.25) is 0 Å². The normalized spacial score (nSPS) is 28.0. The third-order valence-electron chi connectivity index (χ3n) is 6.43. The van der Waals surface area contributed by atoms with Crippen LogP contribution in [0.4, 0.5) is 0 Å². The highest BCUT2D eigenvalue weighted by atomic mass is 16.5. The van der Waals surface area contributed by atoms with E-state index in [9.17, 15) is 14.4 Å². The molecule has 0 unspecified atom stereocenters. The van der Waals surface area contributed by atoms with E-state index in [4.69, 9.17) is 4.74 Å². The molecule has 3 fully saturated rings. The van der Waals surface area contributed by atoms with Crippen molar-refractivity contribution >= 4 is 17.7 Å². The van der Waals surface area contributed by atoms with E-state index in [2.05, 4.69) is 10.6 Å². The molecule has 3 aliphatic rings. The number of carbonyl (C=O) groups excluding carboxylic acids is 3. The molecule has 27 heavy (non-hydrogen) atoms. The zero-order valence-electron chi connectivity index (χ0n) is 16.6. The molecule has 0 aromatic carbocycles. The summed E-state index contributed by atoms with van der Waals surface area (Å²) in [5.74, 6) is -0.353. The minimum atomic E-state index is -0.945. The van der Waals surface area contributed by atoms with Gasteiger partial charge in [0.15, 0.2) is 0 Å². The van der Waals surface area contributed by atoms with Crippen LogP contribution in [0.5, 0.6) is 0 Å². The highest BCUT2D eigenvalue weighted by Gasteiger charge is 2.45. The molecule has 2 N–H and O–H groups in total. The lowest BCUT2D eigenvalue weighted by Crippen LogP contribution is -2.63. The Balaban J connectivity index is 1.79. The van der Waals surface area contributed by atoms with Crippen molar-refractivity contribution in [3.63, 3.8) is 0 Å². The summed E-state index contributed by atoms with van der Waals surface area (Å²) >= 11 is 0. The molecule has 3 atom stereocenters. The SMILES string of the molecule is CC[C@](C)(C(=O)NC1CCCC1)N(C[C@H]1CCCO1)C(=O)[C@@H]1CCC(=O)N1. The molecule has 2 saturated heterocycles. The number of carbonyl (C=O) groups is 3. The van der Waals surface area contributed by atoms with E-state index < -0.39 is 11.6 Å². The summed E-state index contributed by atoms with van der Waals surface area (Å²) in [5.41, 5.74) is -0.945. The Hall–Kier alpha value is -1.63. The molecule has 3 rings (SSSR count). The monoisotopic (exact) mass is 379 g/mol. The van der Waals surface area contributed by atoms with Crippen LogP contribution in [0.1, 0.15) is 71.6 Å². The number of amides is 3. The fourth-order valence-electron chi connectivity index (χ4n) is 4.40. The van der Waals surface area contributed by atoms with Crippen molar-refractivity contribution in [3.8, 4) is 0 Å². The Bertz CT molecular complexity index is 570. The Labute approximate surface area is 161 Å². The minimum Gasteiger partial charge on any atom is -0.376 e. The zero-order chi connectivity index (χ0) is 19.4. The van der Waals surface area contributed by atoms with Gasteiger partial charge in [-0.1, -0.05) is 19.8 Å². The second-order valence-corrected chi connectivity index (χ2v) is 8.32. The van der Waals surface area contributed by atoms with E-state index in [1.54, 1.807) is 4.90 Å². The van der Waals surface area contributed by atoms with Crippen LogP contribution >= 0.6 is 0 Å². The molecule has 152 valence electrons. The predicted octanol–water partition coefficient (Wildman–Crippen LogP) is 1.50. The Kier molecular flexibility index (Phi) is 6.40. The minimum absolute atomic E-state index is 0.0452. The van der Waals surface area contributed by atoms with Gasteiger partial charge in [0.25, 0.3) is 0 Å². The lowest BCUT2D eigenvalue weighted by Gasteiger charge is -2.42. The van der Waals surface area contributed by atoms with E-state index in [-0.39, 0.29) is 29.9 Å². The lowest BCUT2D eigenvalue weighted by molar-refractivity contribution is -0.151. The van der Waals surface area contributed by atoms with Crippen LogP contribution in [0, 0.1) is 0 Å². The van der Waals surface area contributed by atoms with Gasteiger partial charge in [-0.15, -0.1) is 0 Å². The van der Waals surface area contributed by atoms with Gasteiger partial charge in [-0.2, -0.15) is 0 Å². The highest BCUT2D eigenvalue weighted by molar-refractivity contribution is 5.96. The second kappa shape index (κ2) is 8.59. The van der Waals surface area contributed by atoms with Gasteiger partial charge in [-0.3, -0.25) is 14.4 Å². The van der Waals surface area contributed by atoms with Crippen LogP contribution in [0.15, 0.2) is 0 Å². The molecule has 0 spiro atoms. The van der Waals surface area contributed by atoms with Crippen molar-refractivity contribution in [1.29, 1.82) is 0 Å². The molecular formula is C20H33N3O4. The lowest BCUT2D eigenvalue weighted by atomic mass is 9.92. The summed E-state index contributed by atoms with van der Waals surface area (Å²) < 4.78 is 5.76. The average Bonchev–Trinajstić information content (AvgIpc) is 3.41. The van der Waals surface area contributed by atoms with Crippen molar-refractivity contribution in [2.24, 2.45) is 0 Å². The maximum Gasteiger partial charge on any atom is 0.246 e. The topological polar surface area (TPSA) is 87.7 Å². The van der Waals surface area contributed by atoms with Crippen LogP contribution in [0.3, 0.4) is 0 Å². The standard InChI is InChI=1S/C20H33N3O4/c1-3-20(2,19(26)21-14-7-4-5-8-14)23(13-15-9-6-12-27-15)18(25)16-10-11-17(24)22-16/h14-16H,3-13H2,1-2H3,(H,21,26)(H,22,24)/t15-,16+,20-/m1/s1. The zero-order valence-corrected chi connectivity index (χ0v) is 16.6. The molecule has 0 radical (unpaired) electrons. The van der Waals surface area contributed by atoms with Gasteiger partial charge in [-0.25, -0.2) is 0 Å².